The van der Waals surface area contributed by atoms with Gasteiger partial charge in [0.25, 0.3) is 0 Å². The van der Waals surface area contributed by atoms with Gasteiger partial charge in [0.2, 0.25) is 10.0 Å². The van der Waals surface area contributed by atoms with E-state index in [1.165, 1.54) is 10.6 Å². The number of nitrogen functional groups attached to an aromatic ring is 1. The van der Waals surface area contributed by atoms with E-state index in [0.717, 1.165) is 17.5 Å². The zero-order chi connectivity index (χ0) is 23.0. The number of fused-ring (bicyclic) bond motifs is 1. The van der Waals surface area contributed by atoms with Gasteiger partial charge in [-0.3, -0.25) is 4.57 Å². The smallest absolute Gasteiger partial charge is 0.328 e. The normalized spacial score (nSPS) is 16.5. The average Bonchev–Trinajstić information content (AvgIpc) is 3.09. The molecule has 13 heteroatoms. The molecule has 0 unspecified atom stereocenters. The number of anilines is 2. The summed E-state index contributed by atoms with van der Waals surface area (Å²) in [5, 5.41) is 0. The van der Waals surface area contributed by atoms with Crippen LogP contribution in [-0.4, -0.2) is 82.5 Å². The summed E-state index contributed by atoms with van der Waals surface area (Å²) in [6, 6.07) is 3.81. The van der Waals surface area contributed by atoms with Gasteiger partial charge < -0.3 is 15.6 Å². The van der Waals surface area contributed by atoms with Gasteiger partial charge in [-0.2, -0.15) is 4.31 Å². The predicted octanol–water partition coefficient (Wildman–Crippen LogP) is -0.0164. The van der Waals surface area contributed by atoms with E-state index in [1.807, 2.05) is 12.1 Å². The number of nitrogens with zero attached hydrogens (tertiary/aromatic N) is 6. The standard InChI is InChI=1S/C19H27N8O3PS/c1-4-31(2)18-23-16(20)15-17(24-18)27(19(28)22-15)12-13-5-6-14(21-11-13)25-7-9-26(10-8-25)32(3,29)30/h5-6,11H,4,7-10,12H2,1-3H3,(H,22,28)(H2,20,23,24)/t31-/m1/s1. The molecule has 1 fully saturated rings. The Morgan fingerprint density at radius 1 is 1.19 bits per heavy atom. The molecular formula is C19H27N8O3PS. The number of nitrogens with one attached hydrogen (secondary N) is 1. The summed E-state index contributed by atoms with van der Waals surface area (Å²) in [6.45, 7) is 6.51. The number of aromatic nitrogens is 5. The molecule has 1 aliphatic rings. The van der Waals surface area contributed by atoms with Crippen LogP contribution in [0.25, 0.3) is 11.2 Å². The Balaban J connectivity index is 1.55. The van der Waals surface area contributed by atoms with Crippen molar-refractivity contribution in [3.05, 3.63) is 34.4 Å². The van der Waals surface area contributed by atoms with Crippen LogP contribution in [0.1, 0.15) is 12.5 Å². The number of pyridine rings is 1. The van der Waals surface area contributed by atoms with Gasteiger partial charge in [-0.25, -0.2) is 28.2 Å². The zero-order valence-electron chi connectivity index (χ0n) is 18.3. The number of sulfonamides is 1. The third-order valence-corrected chi connectivity index (χ3v) is 8.77. The topological polar surface area (TPSA) is 143 Å². The highest BCUT2D eigenvalue weighted by Crippen LogP contribution is 2.28. The molecule has 0 saturated carbocycles. The Kier molecular flexibility index (Phi) is 6.19. The van der Waals surface area contributed by atoms with Crippen LogP contribution >= 0.6 is 7.92 Å². The van der Waals surface area contributed by atoms with Crippen LogP contribution in [0, 0.1) is 0 Å². The van der Waals surface area contributed by atoms with Crippen molar-refractivity contribution in [1.29, 1.82) is 0 Å². The summed E-state index contributed by atoms with van der Waals surface area (Å²) < 4.78 is 26.4. The number of hydrogen-bond donors (Lipinski definition) is 2. The summed E-state index contributed by atoms with van der Waals surface area (Å²) in [5.41, 5.74) is 8.27. The number of aromatic amines is 1. The zero-order valence-corrected chi connectivity index (χ0v) is 20.0. The van der Waals surface area contributed by atoms with E-state index in [1.54, 1.807) is 10.8 Å². The van der Waals surface area contributed by atoms with Gasteiger partial charge in [0.05, 0.1) is 12.8 Å². The maximum Gasteiger partial charge on any atom is 0.328 e. The minimum absolute atomic E-state index is 0.283. The van der Waals surface area contributed by atoms with Crippen molar-refractivity contribution in [3.63, 3.8) is 0 Å². The number of nitrogens with two attached hydrogens (primary N) is 1. The van der Waals surface area contributed by atoms with Gasteiger partial charge in [-0.15, -0.1) is 0 Å². The molecule has 11 nitrogen and oxygen atoms in total. The number of hydrogen-bond acceptors (Lipinski definition) is 8. The molecule has 172 valence electrons. The van der Waals surface area contributed by atoms with Crippen molar-refractivity contribution in [2.24, 2.45) is 0 Å². The molecule has 0 radical (unpaired) electrons. The quantitative estimate of drug-likeness (QED) is 0.471. The summed E-state index contributed by atoms with van der Waals surface area (Å²) in [7, 11) is -3.71. The predicted molar refractivity (Wildman–Crippen MR) is 128 cm³/mol. The summed E-state index contributed by atoms with van der Waals surface area (Å²) in [6.07, 6.45) is 3.89. The Bertz CT molecular complexity index is 1280. The molecule has 3 aromatic rings. The van der Waals surface area contributed by atoms with E-state index in [-0.39, 0.29) is 11.5 Å². The lowest BCUT2D eigenvalue weighted by molar-refractivity contribution is 0.387. The highest BCUT2D eigenvalue weighted by Gasteiger charge is 2.24. The molecule has 4 rings (SSSR count). The van der Waals surface area contributed by atoms with Crippen LogP contribution in [-0.2, 0) is 16.6 Å². The first kappa shape index (κ1) is 22.6. The molecule has 1 saturated heterocycles. The fourth-order valence-electron chi connectivity index (χ4n) is 3.63. The Morgan fingerprint density at radius 2 is 1.91 bits per heavy atom. The first-order valence-corrected chi connectivity index (χ1v) is 14.1. The number of imidazole rings is 1. The average molecular weight is 479 g/mol. The van der Waals surface area contributed by atoms with E-state index in [2.05, 4.69) is 38.4 Å². The highest BCUT2D eigenvalue weighted by molar-refractivity contribution is 7.88. The van der Waals surface area contributed by atoms with Crippen LogP contribution in [0.3, 0.4) is 0 Å². The van der Waals surface area contributed by atoms with Crippen molar-refractivity contribution < 1.29 is 8.42 Å². The van der Waals surface area contributed by atoms with Crippen LogP contribution in [0.2, 0.25) is 0 Å². The van der Waals surface area contributed by atoms with E-state index < -0.39 is 17.9 Å². The Hall–Kier alpha value is -2.56. The monoisotopic (exact) mass is 478 g/mol. The second-order valence-corrected chi connectivity index (χ2v) is 12.2. The maximum atomic E-state index is 12.6. The van der Waals surface area contributed by atoms with Gasteiger partial charge in [-0.05, 0) is 32.4 Å². The largest absolute Gasteiger partial charge is 0.382 e. The van der Waals surface area contributed by atoms with Crippen molar-refractivity contribution in [2.75, 3.05) is 55.9 Å². The lowest BCUT2D eigenvalue weighted by atomic mass is 10.2. The number of piperazine rings is 1. The molecule has 0 amide bonds. The molecular weight excluding hydrogens is 451 g/mol. The van der Waals surface area contributed by atoms with E-state index in [9.17, 15) is 13.2 Å². The van der Waals surface area contributed by atoms with E-state index in [0.29, 0.717) is 49.5 Å². The number of rotatable bonds is 6. The number of H-pyrrole nitrogens is 1. The fraction of sp³-hybridized carbons (Fsp3) is 0.474. The minimum Gasteiger partial charge on any atom is -0.382 e. The van der Waals surface area contributed by atoms with Crippen LogP contribution in [0.15, 0.2) is 23.1 Å². The molecule has 1 atom stereocenters. The second kappa shape index (κ2) is 8.76. The van der Waals surface area contributed by atoms with E-state index >= 15 is 0 Å². The molecule has 0 bridgehead atoms. The van der Waals surface area contributed by atoms with Crippen molar-refractivity contribution in [2.45, 2.75) is 13.5 Å². The molecule has 32 heavy (non-hydrogen) atoms. The summed E-state index contributed by atoms with van der Waals surface area (Å²) >= 11 is 0. The van der Waals surface area contributed by atoms with Crippen molar-refractivity contribution in [1.82, 2.24) is 28.8 Å². The highest BCUT2D eigenvalue weighted by atomic mass is 32.2. The molecule has 4 heterocycles. The molecule has 3 aromatic heterocycles. The van der Waals surface area contributed by atoms with Crippen LogP contribution in [0.4, 0.5) is 11.6 Å². The Labute approximate surface area is 187 Å². The van der Waals surface area contributed by atoms with Gasteiger partial charge in [0.1, 0.15) is 11.3 Å². The molecule has 0 aliphatic carbocycles. The van der Waals surface area contributed by atoms with Crippen LogP contribution in [0.5, 0.6) is 0 Å². The lowest BCUT2D eigenvalue weighted by Crippen LogP contribution is -2.48. The minimum atomic E-state index is -3.17. The second-order valence-electron chi connectivity index (χ2n) is 7.81. The van der Waals surface area contributed by atoms with Crippen molar-refractivity contribution >= 4 is 46.3 Å². The lowest BCUT2D eigenvalue weighted by Gasteiger charge is -2.34. The van der Waals surface area contributed by atoms with Crippen LogP contribution < -0.4 is 21.9 Å². The molecule has 3 N–H and O–H groups in total. The fourth-order valence-corrected chi connectivity index (χ4v) is 5.28. The SMILES string of the molecule is CC[P@@](C)c1nc(N)c2[nH]c(=O)n(Cc3ccc(N4CCN(S(C)(=O)=O)CC4)nc3)c2n1. The van der Waals surface area contributed by atoms with Gasteiger partial charge >= 0.3 is 5.69 Å². The molecule has 0 aromatic carbocycles. The molecule has 1 aliphatic heterocycles. The first-order valence-electron chi connectivity index (χ1n) is 10.3. The maximum absolute atomic E-state index is 12.6. The summed E-state index contributed by atoms with van der Waals surface area (Å²) in [4.78, 5) is 30.9. The van der Waals surface area contributed by atoms with Gasteiger partial charge in [0, 0.05) is 32.4 Å². The molecule has 0 spiro atoms. The van der Waals surface area contributed by atoms with E-state index in [4.69, 9.17) is 5.73 Å². The van der Waals surface area contributed by atoms with Gasteiger partial charge in [0.15, 0.2) is 17.0 Å². The summed E-state index contributed by atoms with van der Waals surface area (Å²) in [5.74, 6) is 1.06. The third kappa shape index (κ3) is 4.48. The first-order chi connectivity index (χ1) is 15.2. The van der Waals surface area contributed by atoms with Gasteiger partial charge in [-0.1, -0.05) is 13.0 Å². The van der Waals surface area contributed by atoms with Crippen molar-refractivity contribution in [3.8, 4) is 0 Å². The Morgan fingerprint density at radius 3 is 2.50 bits per heavy atom. The third-order valence-electron chi connectivity index (χ3n) is 5.64.